The first-order valence-corrected chi connectivity index (χ1v) is 9.31. The molecule has 1 aromatic heterocycles. The summed E-state index contributed by atoms with van der Waals surface area (Å²) < 4.78 is 5.68. The summed E-state index contributed by atoms with van der Waals surface area (Å²) in [5.74, 6) is 0.575. The molecule has 0 unspecified atom stereocenters. The third-order valence-electron chi connectivity index (χ3n) is 3.87. The van der Waals surface area contributed by atoms with Crippen molar-refractivity contribution in [2.45, 2.75) is 32.9 Å². The first kappa shape index (κ1) is 18.2. The van der Waals surface area contributed by atoms with Gasteiger partial charge in [-0.25, -0.2) is 0 Å². The summed E-state index contributed by atoms with van der Waals surface area (Å²) in [6.07, 6.45) is 0. The summed E-state index contributed by atoms with van der Waals surface area (Å²) in [5.41, 5.74) is 6.14. The minimum Gasteiger partial charge on any atom is -0.411 e. The fourth-order valence-corrected chi connectivity index (χ4v) is 3.23. The Bertz CT molecular complexity index is 930. The molecule has 0 aliphatic heterocycles. The molecular weight excluding hydrogens is 346 g/mol. The lowest BCUT2D eigenvalue weighted by Crippen LogP contribution is -2.14. The Morgan fingerprint density at radius 2 is 1.73 bits per heavy atom. The van der Waals surface area contributed by atoms with Crippen molar-refractivity contribution in [3.8, 4) is 11.5 Å². The molecule has 0 atom stereocenters. The summed E-state index contributed by atoms with van der Waals surface area (Å²) in [6, 6.07) is 12.1. The molecule has 0 aliphatic rings. The van der Waals surface area contributed by atoms with E-state index in [2.05, 4.69) is 21.6 Å². The zero-order valence-electron chi connectivity index (χ0n) is 15.3. The number of carbonyl (C=O) groups excluding carboxylic acids is 1. The molecule has 0 saturated carbocycles. The minimum absolute atomic E-state index is 0.102. The first-order valence-electron chi connectivity index (χ1n) is 8.33. The second-order valence-corrected chi connectivity index (χ2v) is 7.33. The maximum atomic E-state index is 12.2. The number of rotatable bonds is 5. The van der Waals surface area contributed by atoms with E-state index < -0.39 is 0 Å². The Morgan fingerprint density at radius 3 is 2.46 bits per heavy atom. The SMILES string of the molecule is Cc1cc(C)cc(-c2nnc(SCC(=O)Nc3cc(C)ccc3C)o2)c1. The van der Waals surface area contributed by atoms with Crippen LogP contribution in [0.3, 0.4) is 0 Å². The van der Waals surface area contributed by atoms with E-state index in [9.17, 15) is 4.79 Å². The Kier molecular flexibility index (Phi) is 5.42. The fourth-order valence-electron chi connectivity index (χ4n) is 2.67. The number of hydrogen-bond donors (Lipinski definition) is 1. The molecular formula is C20H21N3O2S. The van der Waals surface area contributed by atoms with E-state index in [-0.39, 0.29) is 11.7 Å². The van der Waals surface area contributed by atoms with Crippen molar-refractivity contribution in [2.24, 2.45) is 0 Å². The van der Waals surface area contributed by atoms with Crippen molar-refractivity contribution in [1.29, 1.82) is 0 Å². The predicted molar refractivity (Wildman–Crippen MR) is 104 cm³/mol. The van der Waals surface area contributed by atoms with Crippen molar-refractivity contribution in [2.75, 3.05) is 11.1 Å². The van der Waals surface area contributed by atoms with Crippen LogP contribution in [0.15, 0.2) is 46.0 Å². The van der Waals surface area contributed by atoms with Crippen LogP contribution < -0.4 is 5.32 Å². The van der Waals surface area contributed by atoms with E-state index in [0.717, 1.165) is 33.5 Å². The lowest BCUT2D eigenvalue weighted by Gasteiger charge is -2.08. The molecule has 134 valence electrons. The molecule has 26 heavy (non-hydrogen) atoms. The zero-order chi connectivity index (χ0) is 18.7. The van der Waals surface area contributed by atoms with Gasteiger partial charge in [0, 0.05) is 11.3 Å². The normalized spacial score (nSPS) is 10.8. The summed E-state index contributed by atoms with van der Waals surface area (Å²) in [5, 5.41) is 11.4. The van der Waals surface area contributed by atoms with Crippen molar-refractivity contribution in [3.05, 3.63) is 58.7 Å². The second-order valence-electron chi connectivity index (χ2n) is 6.40. The van der Waals surface area contributed by atoms with Gasteiger partial charge in [0.05, 0.1) is 5.75 Å². The number of nitrogens with zero attached hydrogens (tertiary/aromatic N) is 2. The number of carbonyl (C=O) groups is 1. The van der Waals surface area contributed by atoms with Crippen LogP contribution in [0.5, 0.6) is 0 Å². The van der Waals surface area contributed by atoms with Gasteiger partial charge in [-0.05, 0) is 57.0 Å². The molecule has 0 saturated heterocycles. The lowest BCUT2D eigenvalue weighted by molar-refractivity contribution is -0.113. The molecule has 1 heterocycles. The number of nitrogens with one attached hydrogen (secondary N) is 1. The third-order valence-corrected chi connectivity index (χ3v) is 4.69. The van der Waals surface area contributed by atoms with Gasteiger partial charge in [-0.3, -0.25) is 4.79 Å². The number of hydrogen-bond acceptors (Lipinski definition) is 5. The smallest absolute Gasteiger partial charge is 0.277 e. The van der Waals surface area contributed by atoms with Gasteiger partial charge < -0.3 is 9.73 Å². The van der Waals surface area contributed by atoms with Gasteiger partial charge in [0.2, 0.25) is 11.8 Å². The van der Waals surface area contributed by atoms with E-state index in [0.29, 0.717) is 11.1 Å². The third kappa shape index (κ3) is 4.52. The van der Waals surface area contributed by atoms with Crippen LogP contribution in [-0.4, -0.2) is 21.9 Å². The molecule has 0 aliphatic carbocycles. The minimum atomic E-state index is -0.102. The monoisotopic (exact) mass is 367 g/mol. The largest absolute Gasteiger partial charge is 0.411 e. The highest BCUT2D eigenvalue weighted by atomic mass is 32.2. The highest BCUT2D eigenvalue weighted by molar-refractivity contribution is 7.99. The molecule has 3 rings (SSSR count). The summed E-state index contributed by atoms with van der Waals surface area (Å²) in [4.78, 5) is 12.2. The summed E-state index contributed by atoms with van der Waals surface area (Å²) >= 11 is 1.23. The number of benzene rings is 2. The van der Waals surface area contributed by atoms with Gasteiger partial charge in [-0.2, -0.15) is 0 Å². The maximum absolute atomic E-state index is 12.2. The second kappa shape index (κ2) is 7.74. The first-order chi connectivity index (χ1) is 12.4. The van der Waals surface area contributed by atoms with Crippen molar-refractivity contribution in [1.82, 2.24) is 10.2 Å². The van der Waals surface area contributed by atoms with E-state index in [1.165, 1.54) is 11.8 Å². The van der Waals surface area contributed by atoms with Gasteiger partial charge in [-0.1, -0.05) is 41.1 Å². The molecule has 3 aromatic rings. The molecule has 0 fully saturated rings. The highest BCUT2D eigenvalue weighted by Gasteiger charge is 2.12. The fraction of sp³-hybridized carbons (Fsp3) is 0.250. The van der Waals surface area contributed by atoms with E-state index in [1.54, 1.807) is 0 Å². The van der Waals surface area contributed by atoms with Crippen LogP contribution in [-0.2, 0) is 4.79 Å². The van der Waals surface area contributed by atoms with Crippen molar-refractivity contribution >= 4 is 23.4 Å². The van der Waals surface area contributed by atoms with E-state index >= 15 is 0 Å². The van der Waals surface area contributed by atoms with Crippen LogP contribution in [0.1, 0.15) is 22.3 Å². The number of aryl methyl sites for hydroxylation is 4. The number of anilines is 1. The molecule has 5 nitrogen and oxygen atoms in total. The lowest BCUT2D eigenvalue weighted by atomic mass is 10.1. The average Bonchev–Trinajstić information content (AvgIpc) is 3.04. The van der Waals surface area contributed by atoms with Crippen molar-refractivity contribution < 1.29 is 9.21 Å². The van der Waals surface area contributed by atoms with Gasteiger partial charge >= 0.3 is 0 Å². The number of aromatic nitrogens is 2. The van der Waals surface area contributed by atoms with Crippen LogP contribution in [0.4, 0.5) is 5.69 Å². The van der Waals surface area contributed by atoms with Crippen LogP contribution in [0.2, 0.25) is 0 Å². The standard InChI is InChI=1S/C20H21N3O2S/c1-12-5-6-15(4)17(10-12)21-18(24)11-26-20-23-22-19(25-20)16-8-13(2)7-14(3)9-16/h5-10H,11H2,1-4H3,(H,21,24). The van der Waals surface area contributed by atoms with Crippen molar-refractivity contribution in [3.63, 3.8) is 0 Å². The van der Waals surface area contributed by atoms with E-state index in [4.69, 9.17) is 4.42 Å². The topological polar surface area (TPSA) is 68.0 Å². The molecule has 6 heteroatoms. The van der Waals surface area contributed by atoms with Crippen LogP contribution >= 0.6 is 11.8 Å². The Hall–Kier alpha value is -2.60. The zero-order valence-corrected chi connectivity index (χ0v) is 16.1. The molecule has 2 aromatic carbocycles. The van der Waals surface area contributed by atoms with Gasteiger partial charge in [0.25, 0.3) is 5.22 Å². The summed E-state index contributed by atoms with van der Waals surface area (Å²) in [7, 11) is 0. The van der Waals surface area contributed by atoms with Crippen LogP contribution in [0.25, 0.3) is 11.5 Å². The molecule has 1 N–H and O–H groups in total. The van der Waals surface area contributed by atoms with Gasteiger partial charge in [-0.15, -0.1) is 10.2 Å². The van der Waals surface area contributed by atoms with E-state index in [1.807, 2.05) is 58.0 Å². The predicted octanol–water partition coefficient (Wildman–Crippen LogP) is 4.70. The van der Waals surface area contributed by atoms with Gasteiger partial charge in [0.1, 0.15) is 0 Å². The average molecular weight is 367 g/mol. The molecule has 0 bridgehead atoms. The summed E-state index contributed by atoms with van der Waals surface area (Å²) in [6.45, 7) is 8.02. The number of amides is 1. The molecule has 0 radical (unpaired) electrons. The highest BCUT2D eigenvalue weighted by Crippen LogP contribution is 2.25. The molecule has 0 spiro atoms. The quantitative estimate of drug-likeness (QED) is 0.662. The number of thioether (sulfide) groups is 1. The van der Waals surface area contributed by atoms with Crippen LogP contribution in [0, 0.1) is 27.7 Å². The molecule has 1 amide bonds. The Morgan fingerprint density at radius 1 is 1.00 bits per heavy atom. The maximum Gasteiger partial charge on any atom is 0.277 e. The Balaban J connectivity index is 1.62. The Labute approximate surface area is 157 Å². The van der Waals surface area contributed by atoms with Gasteiger partial charge in [0.15, 0.2) is 0 Å².